The Morgan fingerprint density at radius 1 is 0.955 bits per heavy atom. The second kappa shape index (κ2) is 14.0. The molecule has 18 heteroatoms. The molecule has 3 amide bonds. The standard InChI is InChI=1S/C26H29N7O11/c1-3-26(2,29-22(34)14-27-19-11-10-18(32(40)41)13-21(19)33(42)43)25(37)30-12-4-5-20(30)24(36)44-15-23(35)28-16-6-8-17(9-7-16)31(38)39/h6-11,13,20,27H,3-5,12,14-15H2,1-2H3,(H,28,35)(H,29,34)/t20-,26-/m0/s1. The van der Waals surface area contributed by atoms with E-state index in [1.807, 2.05) is 0 Å². The number of rotatable bonds is 13. The number of nitrogens with zero attached hydrogens (tertiary/aromatic N) is 4. The predicted molar refractivity (Wildman–Crippen MR) is 152 cm³/mol. The van der Waals surface area contributed by atoms with Gasteiger partial charge in [0.1, 0.15) is 17.3 Å². The summed E-state index contributed by atoms with van der Waals surface area (Å²) < 4.78 is 5.12. The molecule has 0 unspecified atom stereocenters. The molecule has 0 aromatic heterocycles. The predicted octanol–water partition coefficient (Wildman–Crippen LogP) is 2.28. The van der Waals surface area contributed by atoms with Gasteiger partial charge >= 0.3 is 5.97 Å². The molecule has 1 saturated heterocycles. The topological polar surface area (TPSA) is 246 Å². The van der Waals surface area contributed by atoms with Gasteiger partial charge in [0.05, 0.1) is 27.4 Å². The van der Waals surface area contributed by atoms with E-state index < -0.39 is 74.6 Å². The minimum Gasteiger partial charge on any atom is -0.454 e. The van der Waals surface area contributed by atoms with Crippen LogP contribution in [-0.4, -0.2) is 74.6 Å². The summed E-state index contributed by atoms with van der Waals surface area (Å²) in [7, 11) is 0. The van der Waals surface area contributed by atoms with Gasteiger partial charge in [-0.05, 0) is 44.4 Å². The van der Waals surface area contributed by atoms with E-state index in [1.165, 1.54) is 36.1 Å². The van der Waals surface area contributed by atoms with Gasteiger partial charge in [-0.1, -0.05) is 6.92 Å². The van der Waals surface area contributed by atoms with E-state index in [2.05, 4.69) is 16.0 Å². The van der Waals surface area contributed by atoms with Crippen LogP contribution in [0.2, 0.25) is 0 Å². The number of carbonyl (C=O) groups is 4. The first-order valence-electron chi connectivity index (χ1n) is 13.3. The Morgan fingerprint density at radius 3 is 2.18 bits per heavy atom. The second-order valence-corrected chi connectivity index (χ2v) is 9.92. The summed E-state index contributed by atoms with van der Waals surface area (Å²) in [5.74, 6) is -2.82. The Morgan fingerprint density at radius 2 is 1.59 bits per heavy atom. The van der Waals surface area contributed by atoms with Crippen molar-refractivity contribution >= 4 is 52.1 Å². The van der Waals surface area contributed by atoms with Crippen molar-refractivity contribution < 1.29 is 38.7 Å². The Labute approximate surface area is 249 Å². The van der Waals surface area contributed by atoms with Gasteiger partial charge in [0.15, 0.2) is 6.61 Å². The van der Waals surface area contributed by atoms with Crippen LogP contribution in [0.15, 0.2) is 42.5 Å². The summed E-state index contributed by atoms with van der Waals surface area (Å²) in [4.78, 5) is 83.4. The highest BCUT2D eigenvalue weighted by Gasteiger charge is 2.43. The minimum atomic E-state index is -1.48. The maximum atomic E-state index is 13.5. The summed E-state index contributed by atoms with van der Waals surface area (Å²) in [5, 5.41) is 40.6. The van der Waals surface area contributed by atoms with Gasteiger partial charge in [0.25, 0.3) is 23.0 Å². The van der Waals surface area contributed by atoms with Crippen LogP contribution in [0.3, 0.4) is 0 Å². The maximum absolute atomic E-state index is 13.5. The number of esters is 1. The number of amides is 3. The largest absolute Gasteiger partial charge is 0.454 e. The molecule has 18 nitrogen and oxygen atoms in total. The molecule has 2 atom stereocenters. The molecule has 1 heterocycles. The molecule has 0 bridgehead atoms. The van der Waals surface area contributed by atoms with Crippen molar-refractivity contribution in [3.63, 3.8) is 0 Å². The van der Waals surface area contributed by atoms with Crippen LogP contribution >= 0.6 is 0 Å². The Balaban J connectivity index is 1.58. The van der Waals surface area contributed by atoms with Gasteiger partial charge in [0, 0.05) is 30.4 Å². The summed E-state index contributed by atoms with van der Waals surface area (Å²) in [6.45, 7) is 2.11. The summed E-state index contributed by atoms with van der Waals surface area (Å²) in [5.41, 5.74) is -2.64. The molecule has 0 radical (unpaired) electrons. The lowest BCUT2D eigenvalue weighted by Crippen LogP contribution is -2.60. The van der Waals surface area contributed by atoms with E-state index in [9.17, 15) is 49.5 Å². The number of nitro benzene ring substituents is 3. The van der Waals surface area contributed by atoms with Gasteiger partial charge in [-0.25, -0.2) is 4.79 Å². The smallest absolute Gasteiger partial charge is 0.329 e. The summed E-state index contributed by atoms with van der Waals surface area (Å²) in [6, 6.07) is 6.91. The third-order valence-corrected chi connectivity index (χ3v) is 6.92. The zero-order valence-electron chi connectivity index (χ0n) is 23.6. The number of anilines is 2. The quantitative estimate of drug-likeness (QED) is 0.167. The number of likely N-dealkylation sites (tertiary alicyclic amines) is 1. The second-order valence-electron chi connectivity index (χ2n) is 9.92. The van der Waals surface area contributed by atoms with Crippen molar-refractivity contribution in [2.24, 2.45) is 0 Å². The number of hydrogen-bond acceptors (Lipinski definition) is 12. The fourth-order valence-electron chi connectivity index (χ4n) is 4.42. The molecule has 1 aliphatic rings. The third-order valence-electron chi connectivity index (χ3n) is 6.92. The average molecular weight is 616 g/mol. The van der Waals surface area contributed by atoms with E-state index >= 15 is 0 Å². The van der Waals surface area contributed by atoms with Crippen molar-refractivity contribution in [3.8, 4) is 0 Å². The Bertz CT molecular complexity index is 1480. The van der Waals surface area contributed by atoms with Crippen molar-refractivity contribution in [1.82, 2.24) is 10.2 Å². The molecular weight excluding hydrogens is 586 g/mol. The number of ether oxygens (including phenoxy) is 1. The fourth-order valence-corrected chi connectivity index (χ4v) is 4.42. The number of nitro groups is 3. The first kappa shape index (κ1) is 32.8. The SMILES string of the molecule is CC[C@](C)(NC(=O)CNc1ccc([N+](=O)[O-])cc1[N+](=O)[O-])C(=O)N1CCC[C@H]1C(=O)OCC(=O)Nc1ccc([N+](=O)[O-])cc1. The monoisotopic (exact) mass is 615 g/mol. The van der Waals surface area contributed by atoms with Crippen molar-refractivity contribution in [2.45, 2.75) is 44.7 Å². The van der Waals surface area contributed by atoms with Gasteiger partial charge in [-0.15, -0.1) is 0 Å². The molecule has 2 aromatic rings. The highest BCUT2D eigenvalue weighted by atomic mass is 16.6. The van der Waals surface area contributed by atoms with Crippen LogP contribution in [0, 0.1) is 30.3 Å². The van der Waals surface area contributed by atoms with Gasteiger partial charge in [-0.2, -0.15) is 0 Å². The van der Waals surface area contributed by atoms with Gasteiger partial charge in [0.2, 0.25) is 11.8 Å². The van der Waals surface area contributed by atoms with Crippen molar-refractivity contribution in [1.29, 1.82) is 0 Å². The lowest BCUT2D eigenvalue weighted by atomic mass is 9.96. The third kappa shape index (κ3) is 7.99. The van der Waals surface area contributed by atoms with Crippen molar-refractivity contribution in [3.05, 3.63) is 72.8 Å². The van der Waals surface area contributed by atoms with E-state index in [0.29, 0.717) is 6.42 Å². The Kier molecular flexibility index (Phi) is 10.4. The van der Waals surface area contributed by atoms with Crippen LogP contribution in [-0.2, 0) is 23.9 Å². The molecule has 0 spiro atoms. The van der Waals surface area contributed by atoms with Crippen LogP contribution in [0.5, 0.6) is 0 Å². The lowest BCUT2D eigenvalue weighted by Gasteiger charge is -2.34. The molecule has 1 aliphatic heterocycles. The van der Waals surface area contributed by atoms with Crippen molar-refractivity contribution in [2.75, 3.05) is 30.3 Å². The number of benzene rings is 2. The molecule has 0 aliphatic carbocycles. The van der Waals surface area contributed by atoms with E-state index in [0.717, 1.165) is 18.2 Å². The molecule has 3 N–H and O–H groups in total. The maximum Gasteiger partial charge on any atom is 0.329 e. The first-order valence-corrected chi connectivity index (χ1v) is 13.3. The molecule has 44 heavy (non-hydrogen) atoms. The highest BCUT2D eigenvalue weighted by Crippen LogP contribution is 2.29. The highest BCUT2D eigenvalue weighted by molar-refractivity contribution is 5.96. The fraction of sp³-hybridized carbons (Fsp3) is 0.385. The zero-order valence-corrected chi connectivity index (χ0v) is 23.6. The number of nitrogens with one attached hydrogen (secondary N) is 3. The molecule has 3 rings (SSSR count). The van der Waals surface area contributed by atoms with E-state index in [1.54, 1.807) is 6.92 Å². The van der Waals surface area contributed by atoms with Gasteiger partial charge in [-0.3, -0.25) is 44.7 Å². The number of non-ortho nitro benzene ring substituents is 2. The van der Waals surface area contributed by atoms with E-state index in [4.69, 9.17) is 4.74 Å². The normalized spacial score (nSPS) is 15.4. The molecular formula is C26H29N7O11. The van der Waals surface area contributed by atoms with Gasteiger partial charge < -0.3 is 25.6 Å². The summed E-state index contributed by atoms with van der Waals surface area (Å²) in [6.07, 6.45) is 0.832. The van der Waals surface area contributed by atoms with Crippen LogP contribution in [0.25, 0.3) is 0 Å². The lowest BCUT2D eigenvalue weighted by molar-refractivity contribution is -0.393. The molecule has 1 fully saturated rings. The summed E-state index contributed by atoms with van der Waals surface area (Å²) >= 11 is 0. The molecule has 234 valence electrons. The zero-order chi connectivity index (χ0) is 32.6. The minimum absolute atomic E-state index is 0.116. The van der Waals surface area contributed by atoms with E-state index in [-0.39, 0.29) is 36.4 Å². The Hall–Kier alpha value is -5.68. The number of carbonyl (C=O) groups excluding carboxylic acids is 4. The van der Waals surface area contributed by atoms with Crippen LogP contribution < -0.4 is 16.0 Å². The average Bonchev–Trinajstić information content (AvgIpc) is 3.48. The first-order chi connectivity index (χ1) is 20.7. The molecule has 2 aromatic carbocycles. The number of hydrogen-bond donors (Lipinski definition) is 3. The van der Waals surface area contributed by atoms with Crippen LogP contribution in [0.1, 0.15) is 33.1 Å². The van der Waals surface area contributed by atoms with Crippen LogP contribution in [0.4, 0.5) is 28.4 Å². The molecule has 0 saturated carbocycles.